The average molecular weight is 267 g/mol. The van der Waals surface area contributed by atoms with E-state index in [4.69, 9.17) is 0 Å². The van der Waals surface area contributed by atoms with E-state index in [-0.39, 0.29) is 12.5 Å². The third kappa shape index (κ3) is 1.95. The van der Waals surface area contributed by atoms with E-state index in [2.05, 4.69) is 16.1 Å². The van der Waals surface area contributed by atoms with Crippen LogP contribution in [0.5, 0.6) is 0 Å². The first-order valence-electron chi connectivity index (χ1n) is 6.29. The summed E-state index contributed by atoms with van der Waals surface area (Å²) in [5, 5.41) is 2.53. The van der Waals surface area contributed by atoms with Gasteiger partial charge >= 0.3 is 5.97 Å². The van der Waals surface area contributed by atoms with Gasteiger partial charge in [-0.2, -0.15) is 0 Å². The summed E-state index contributed by atoms with van der Waals surface area (Å²) < 4.78 is 4.48. The summed E-state index contributed by atoms with van der Waals surface area (Å²) in [6, 6.07) is 13.6. The van der Waals surface area contributed by atoms with Gasteiger partial charge in [-0.15, -0.1) is 0 Å². The van der Waals surface area contributed by atoms with Gasteiger partial charge < -0.3 is 10.1 Å². The lowest BCUT2D eigenvalue weighted by Crippen LogP contribution is -2.30. The van der Waals surface area contributed by atoms with E-state index in [1.54, 1.807) is 6.07 Å². The van der Waals surface area contributed by atoms with Crippen LogP contribution < -0.4 is 5.32 Å². The molecule has 4 heteroatoms. The molecule has 0 saturated carbocycles. The predicted octanol–water partition coefficient (Wildman–Crippen LogP) is 2.24. The first-order chi connectivity index (χ1) is 9.70. The lowest BCUT2D eigenvalue weighted by molar-refractivity contribution is -0.139. The van der Waals surface area contributed by atoms with E-state index in [9.17, 15) is 9.59 Å². The maximum atomic E-state index is 11.9. The number of hydrogen-bond acceptors (Lipinski definition) is 3. The standard InChI is InChI=1S/C16H13NO3/c1-20-15(18)9-17-16(19)10-6-7-13-11-4-2-3-5-12(11)14(13)8-10/h2-8H,9H2,1H3,(H,17,19). The van der Waals surface area contributed by atoms with Crippen molar-refractivity contribution < 1.29 is 14.3 Å². The fourth-order valence-corrected chi connectivity index (χ4v) is 2.36. The summed E-state index contributed by atoms with van der Waals surface area (Å²) in [7, 11) is 1.29. The van der Waals surface area contributed by atoms with E-state index in [1.165, 1.54) is 12.7 Å². The van der Waals surface area contributed by atoms with Crippen molar-refractivity contribution in [1.82, 2.24) is 5.32 Å². The van der Waals surface area contributed by atoms with Crippen molar-refractivity contribution in [3.05, 3.63) is 48.0 Å². The minimum absolute atomic E-state index is 0.122. The second-order valence-electron chi connectivity index (χ2n) is 4.56. The number of hydrogen-bond donors (Lipinski definition) is 1. The lowest BCUT2D eigenvalue weighted by Gasteiger charge is -2.24. The first kappa shape index (κ1) is 12.4. The Morgan fingerprint density at radius 2 is 1.65 bits per heavy atom. The van der Waals surface area contributed by atoms with E-state index in [0.29, 0.717) is 5.56 Å². The normalized spacial score (nSPS) is 10.8. The number of rotatable bonds is 3. The highest BCUT2D eigenvalue weighted by atomic mass is 16.5. The number of benzene rings is 2. The van der Waals surface area contributed by atoms with Crippen molar-refractivity contribution >= 4 is 11.9 Å². The van der Waals surface area contributed by atoms with Gasteiger partial charge in [-0.25, -0.2) is 0 Å². The molecule has 0 aliphatic heterocycles. The van der Waals surface area contributed by atoms with Gasteiger partial charge in [-0.3, -0.25) is 9.59 Å². The van der Waals surface area contributed by atoms with Crippen LogP contribution in [0.4, 0.5) is 0 Å². The molecular formula is C16H13NO3. The molecule has 2 aromatic rings. The van der Waals surface area contributed by atoms with Crippen LogP contribution >= 0.6 is 0 Å². The zero-order chi connectivity index (χ0) is 14.1. The van der Waals surface area contributed by atoms with E-state index in [0.717, 1.165) is 16.7 Å². The maximum Gasteiger partial charge on any atom is 0.325 e. The van der Waals surface area contributed by atoms with Gasteiger partial charge in [-0.1, -0.05) is 30.3 Å². The van der Waals surface area contributed by atoms with Gasteiger partial charge in [0.1, 0.15) is 6.54 Å². The SMILES string of the molecule is COC(=O)CNC(=O)c1ccc2c(c1)-c1ccccc1-2. The van der Waals surface area contributed by atoms with Crippen LogP contribution in [0.1, 0.15) is 10.4 Å². The molecule has 0 bridgehead atoms. The molecule has 0 atom stereocenters. The molecule has 4 nitrogen and oxygen atoms in total. The molecule has 0 aromatic heterocycles. The summed E-state index contributed by atoms with van der Waals surface area (Å²) in [5.74, 6) is -0.741. The fourth-order valence-electron chi connectivity index (χ4n) is 2.36. The largest absolute Gasteiger partial charge is 0.468 e. The zero-order valence-electron chi connectivity index (χ0n) is 11.0. The van der Waals surface area contributed by atoms with Gasteiger partial charge in [0.25, 0.3) is 5.91 Å². The van der Waals surface area contributed by atoms with E-state index < -0.39 is 5.97 Å². The number of fused-ring (bicyclic) bond motifs is 4. The molecule has 1 aliphatic carbocycles. The molecule has 1 aliphatic rings. The highest BCUT2D eigenvalue weighted by Gasteiger charge is 2.22. The number of methoxy groups -OCH3 is 1. The fraction of sp³-hybridized carbons (Fsp3) is 0.125. The number of ether oxygens (including phenoxy) is 1. The van der Waals surface area contributed by atoms with Gasteiger partial charge in [0.05, 0.1) is 7.11 Å². The van der Waals surface area contributed by atoms with Gasteiger partial charge in [-0.05, 0) is 34.4 Å². The molecule has 20 heavy (non-hydrogen) atoms. The first-order valence-corrected chi connectivity index (χ1v) is 6.29. The molecule has 0 fully saturated rings. The molecular weight excluding hydrogens is 254 g/mol. The molecule has 2 aromatic carbocycles. The van der Waals surface area contributed by atoms with Gasteiger partial charge in [0, 0.05) is 5.56 Å². The third-order valence-corrected chi connectivity index (χ3v) is 3.41. The molecule has 0 spiro atoms. The van der Waals surface area contributed by atoms with E-state index >= 15 is 0 Å². The highest BCUT2D eigenvalue weighted by molar-refractivity contribution is 6.06. The second-order valence-corrected chi connectivity index (χ2v) is 4.56. The van der Waals surface area contributed by atoms with Crippen LogP contribution in [0.15, 0.2) is 42.5 Å². The minimum atomic E-state index is -0.465. The summed E-state index contributed by atoms with van der Waals surface area (Å²) in [6.45, 7) is -0.122. The Bertz CT molecular complexity index is 707. The summed E-state index contributed by atoms with van der Waals surface area (Å²) in [5.41, 5.74) is 5.15. The van der Waals surface area contributed by atoms with Gasteiger partial charge in [0.15, 0.2) is 0 Å². The number of carbonyl (C=O) groups is 2. The number of amides is 1. The molecule has 100 valence electrons. The van der Waals surface area contributed by atoms with Crippen molar-refractivity contribution in [2.75, 3.05) is 13.7 Å². The average Bonchev–Trinajstić information content (AvgIpc) is 2.49. The topological polar surface area (TPSA) is 55.4 Å². The van der Waals surface area contributed by atoms with Gasteiger partial charge in [0.2, 0.25) is 0 Å². The molecule has 0 unspecified atom stereocenters. The van der Waals surface area contributed by atoms with Crippen molar-refractivity contribution in [3.63, 3.8) is 0 Å². The van der Waals surface area contributed by atoms with E-state index in [1.807, 2.05) is 30.3 Å². The third-order valence-electron chi connectivity index (χ3n) is 3.41. The summed E-state index contributed by atoms with van der Waals surface area (Å²) in [4.78, 5) is 23.0. The Labute approximate surface area is 116 Å². The van der Waals surface area contributed by atoms with Crippen LogP contribution in [0.3, 0.4) is 0 Å². The number of carbonyl (C=O) groups excluding carboxylic acids is 2. The Morgan fingerprint density at radius 3 is 2.35 bits per heavy atom. The minimum Gasteiger partial charge on any atom is -0.468 e. The van der Waals surface area contributed by atoms with Crippen LogP contribution in [0.2, 0.25) is 0 Å². The number of esters is 1. The molecule has 3 rings (SSSR count). The molecule has 1 N–H and O–H groups in total. The van der Waals surface area contributed by atoms with Crippen molar-refractivity contribution in [2.24, 2.45) is 0 Å². The molecule has 0 radical (unpaired) electrons. The quantitative estimate of drug-likeness (QED) is 0.740. The maximum absolute atomic E-state index is 11.9. The Kier molecular flexibility index (Phi) is 2.99. The zero-order valence-corrected chi connectivity index (χ0v) is 11.0. The lowest BCUT2D eigenvalue weighted by atomic mass is 9.80. The monoisotopic (exact) mass is 267 g/mol. The van der Waals surface area contributed by atoms with Crippen molar-refractivity contribution in [2.45, 2.75) is 0 Å². The molecule has 1 amide bonds. The Morgan fingerprint density at radius 1 is 1.00 bits per heavy atom. The second kappa shape index (κ2) is 4.81. The summed E-state index contributed by atoms with van der Waals surface area (Å²) in [6.07, 6.45) is 0. The van der Waals surface area contributed by atoms with Crippen LogP contribution in [0.25, 0.3) is 22.3 Å². The highest BCUT2D eigenvalue weighted by Crippen LogP contribution is 2.46. The predicted molar refractivity (Wildman–Crippen MR) is 75.2 cm³/mol. The molecule has 0 heterocycles. The van der Waals surface area contributed by atoms with Crippen molar-refractivity contribution in [3.8, 4) is 22.3 Å². The van der Waals surface area contributed by atoms with Crippen LogP contribution in [0, 0.1) is 0 Å². The Balaban J connectivity index is 1.79. The smallest absolute Gasteiger partial charge is 0.325 e. The van der Waals surface area contributed by atoms with Crippen molar-refractivity contribution in [1.29, 1.82) is 0 Å². The van der Waals surface area contributed by atoms with Crippen LogP contribution in [-0.4, -0.2) is 25.5 Å². The summed E-state index contributed by atoms with van der Waals surface area (Å²) >= 11 is 0. The Hall–Kier alpha value is -2.62. The number of nitrogens with one attached hydrogen (secondary N) is 1. The molecule has 0 saturated heterocycles. The van der Waals surface area contributed by atoms with Crippen LogP contribution in [-0.2, 0) is 9.53 Å².